The predicted octanol–water partition coefficient (Wildman–Crippen LogP) is 5.31. The summed E-state index contributed by atoms with van der Waals surface area (Å²) in [7, 11) is 0. The number of aryl methyl sites for hydroxylation is 1. The van der Waals surface area contributed by atoms with Crippen LogP contribution < -0.4 is 10.1 Å². The Morgan fingerprint density at radius 2 is 1.62 bits per heavy atom. The van der Waals surface area contributed by atoms with Crippen molar-refractivity contribution in [1.29, 1.82) is 0 Å². The summed E-state index contributed by atoms with van der Waals surface area (Å²) < 4.78 is 5.43. The van der Waals surface area contributed by atoms with Gasteiger partial charge in [0.1, 0.15) is 17.9 Å². The van der Waals surface area contributed by atoms with E-state index in [1.54, 1.807) is 18.5 Å². The van der Waals surface area contributed by atoms with Gasteiger partial charge in [-0.2, -0.15) is 0 Å². The molecular formula is C24H21N3O2. The highest BCUT2D eigenvalue weighted by atomic mass is 16.5. The zero-order valence-corrected chi connectivity index (χ0v) is 16.3. The number of ketones is 1. The lowest BCUT2D eigenvalue weighted by Crippen LogP contribution is -2.02. The molecule has 1 aromatic heterocycles. The fourth-order valence-corrected chi connectivity index (χ4v) is 3.15. The molecule has 0 saturated heterocycles. The Morgan fingerprint density at radius 3 is 2.31 bits per heavy atom. The van der Waals surface area contributed by atoms with Gasteiger partial charge in [-0.25, -0.2) is 9.97 Å². The van der Waals surface area contributed by atoms with Crippen molar-refractivity contribution >= 4 is 28.2 Å². The van der Waals surface area contributed by atoms with Gasteiger partial charge in [0.25, 0.3) is 0 Å². The van der Waals surface area contributed by atoms with E-state index in [-0.39, 0.29) is 5.78 Å². The maximum absolute atomic E-state index is 12.7. The first-order chi connectivity index (χ1) is 14.1. The number of carbonyl (C=O) groups excluding carboxylic acids is 1. The monoisotopic (exact) mass is 383 g/mol. The first-order valence-corrected chi connectivity index (χ1v) is 9.50. The van der Waals surface area contributed by atoms with Gasteiger partial charge >= 0.3 is 0 Å². The van der Waals surface area contributed by atoms with Crippen LogP contribution in [0.25, 0.3) is 10.9 Å². The molecule has 4 rings (SSSR count). The maximum atomic E-state index is 12.7. The number of hydrogen-bond acceptors (Lipinski definition) is 5. The van der Waals surface area contributed by atoms with Crippen molar-refractivity contribution in [3.63, 3.8) is 0 Å². The second-order valence-corrected chi connectivity index (χ2v) is 6.73. The molecule has 0 bridgehead atoms. The van der Waals surface area contributed by atoms with E-state index in [2.05, 4.69) is 21.4 Å². The van der Waals surface area contributed by atoms with E-state index in [0.717, 1.165) is 33.7 Å². The molecule has 0 aliphatic carbocycles. The SMILES string of the molecule is CCOc1ccc(C(=O)c2ccc(Nc3ncnc4ccc(C)cc34)cc2)cc1. The number of benzene rings is 3. The summed E-state index contributed by atoms with van der Waals surface area (Å²) in [6, 6.07) is 20.7. The summed E-state index contributed by atoms with van der Waals surface area (Å²) in [5.74, 6) is 1.47. The fraction of sp³-hybridized carbons (Fsp3) is 0.125. The van der Waals surface area contributed by atoms with E-state index in [9.17, 15) is 4.79 Å². The summed E-state index contributed by atoms with van der Waals surface area (Å²) in [5, 5.41) is 4.28. The number of rotatable bonds is 6. The molecular weight excluding hydrogens is 362 g/mol. The van der Waals surface area contributed by atoms with Crippen LogP contribution >= 0.6 is 0 Å². The molecule has 0 saturated carbocycles. The topological polar surface area (TPSA) is 64.1 Å². The lowest BCUT2D eigenvalue weighted by molar-refractivity contribution is 0.103. The van der Waals surface area contributed by atoms with Crippen LogP contribution in [0.3, 0.4) is 0 Å². The van der Waals surface area contributed by atoms with Crippen molar-refractivity contribution in [3.8, 4) is 5.75 Å². The molecule has 0 aliphatic heterocycles. The minimum atomic E-state index is -0.0253. The highest BCUT2D eigenvalue weighted by Gasteiger charge is 2.10. The Hall–Kier alpha value is -3.73. The number of fused-ring (bicyclic) bond motifs is 1. The van der Waals surface area contributed by atoms with Gasteiger partial charge in [-0.05, 0) is 74.5 Å². The van der Waals surface area contributed by atoms with Gasteiger partial charge < -0.3 is 10.1 Å². The molecule has 0 spiro atoms. The Balaban J connectivity index is 1.54. The summed E-state index contributed by atoms with van der Waals surface area (Å²) in [4.78, 5) is 21.4. The number of nitrogens with one attached hydrogen (secondary N) is 1. The van der Waals surface area contributed by atoms with Crippen LogP contribution in [0.4, 0.5) is 11.5 Å². The lowest BCUT2D eigenvalue weighted by atomic mass is 10.0. The van der Waals surface area contributed by atoms with Crippen molar-refractivity contribution in [3.05, 3.63) is 89.7 Å². The van der Waals surface area contributed by atoms with E-state index in [0.29, 0.717) is 17.7 Å². The number of anilines is 2. The minimum absolute atomic E-state index is 0.0253. The van der Waals surface area contributed by atoms with Gasteiger partial charge in [0, 0.05) is 22.2 Å². The predicted molar refractivity (Wildman–Crippen MR) is 115 cm³/mol. The third kappa shape index (κ3) is 4.09. The van der Waals surface area contributed by atoms with Crippen LogP contribution in [0.1, 0.15) is 28.4 Å². The highest BCUT2D eigenvalue weighted by molar-refractivity contribution is 6.09. The van der Waals surface area contributed by atoms with Crippen LogP contribution in [0.2, 0.25) is 0 Å². The van der Waals surface area contributed by atoms with Gasteiger partial charge in [0.2, 0.25) is 0 Å². The van der Waals surface area contributed by atoms with Crippen molar-refractivity contribution in [2.75, 3.05) is 11.9 Å². The number of aromatic nitrogens is 2. The number of ether oxygens (including phenoxy) is 1. The van der Waals surface area contributed by atoms with E-state index in [1.807, 2.05) is 62.4 Å². The highest BCUT2D eigenvalue weighted by Crippen LogP contribution is 2.24. The first kappa shape index (κ1) is 18.6. The van der Waals surface area contributed by atoms with Gasteiger partial charge in [-0.15, -0.1) is 0 Å². The largest absolute Gasteiger partial charge is 0.494 e. The summed E-state index contributed by atoms with van der Waals surface area (Å²) in [5.41, 5.74) is 4.14. The summed E-state index contributed by atoms with van der Waals surface area (Å²) >= 11 is 0. The average molecular weight is 383 g/mol. The lowest BCUT2D eigenvalue weighted by Gasteiger charge is -2.10. The van der Waals surface area contributed by atoms with Gasteiger partial charge in [-0.3, -0.25) is 4.79 Å². The van der Waals surface area contributed by atoms with Gasteiger partial charge in [0.05, 0.1) is 12.1 Å². The molecule has 3 aromatic carbocycles. The Morgan fingerprint density at radius 1 is 0.931 bits per heavy atom. The van der Waals surface area contributed by atoms with Crippen LogP contribution in [-0.4, -0.2) is 22.4 Å². The van der Waals surface area contributed by atoms with Crippen molar-refractivity contribution in [1.82, 2.24) is 9.97 Å². The fourth-order valence-electron chi connectivity index (χ4n) is 3.15. The molecule has 0 fully saturated rings. The molecule has 4 aromatic rings. The van der Waals surface area contributed by atoms with E-state index < -0.39 is 0 Å². The molecule has 5 heteroatoms. The number of hydrogen-bond donors (Lipinski definition) is 1. The quantitative estimate of drug-likeness (QED) is 0.457. The molecule has 0 unspecified atom stereocenters. The smallest absolute Gasteiger partial charge is 0.193 e. The second-order valence-electron chi connectivity index (χ2n) is 6.73. The van der Waals surface area contributed by atoms with Crippen LogP contribution in [0.15, 0.2) is 73.1 Å². The zero-order chi connectivity index (χ0) is 20.2. The molecule has 29 heavy (non-hydrogen) atoms. The maximum Gasteiger partial charge on any atom is 0.193 e. The van der Waals surface area contributed by atoms with Gasteiger partial charge in [-0.1, -0.05) is 11.6 Å². The molecule has 1 heterocycles. The zero-order valence-electron chi connectivity index (χ0n) is 16.3. The second kappa shape index (κ2) is 8.10. The van der Waals surface area contributed by atoms with E-state index >= 15 is 0 Å². The van der Waals surface area contributed by atoms with Gasteiger partial charge in [0.15, 0.2) is 5.78 Å². The molecule has 5 nitrogen and oxygen atoms in total. The molecule has 0 atom stereocenters. The van der Waals surface area contributed by atoms with Crippen molar-refractivity contribution in [2.24, 2.45) is 0 Å². The summed E-state index contributed by atoms with van der Waals surface area (Å²) in [6.07, 6.45) is 1.55. The number of nitrogens with zero attached hydrogens (tertiary/aromatic N) is 2. The van der Waals surface area contributed by atoms with E-state index in [4.69, 9.17) is 4.74 Å². The molecule has 0 amide bonds. The molecule has 144 valence electrons. The molecule has 0 aliphatic rings. The minimum Gasteiger partial charge on any atom is -0.494 e. The van der Waals surface area contributed by atoms with Crippen LogP contribution in [-0.2, 0) is 0 Å². The Labute approximate surface area is 169 Å². The summed E-state index contributed by atoms with van der Waals surface area (Å²) in [6.45, 7) is 4.57. The van der Waals surface area contributed by atoms with Crippen molar-refractivity contribution < 1.29 is 9.53 Å². The third-order valence-corrected chi connectivity index (χ3v) is 4.63. The molecule has 0 radical (unpaired) electrons. The Bertz CT molecular complexity index is 1150. The average Bonchev–Trinajstić information content (AvgIpc) is 2.75. The van der Waals surface area contributed by atoms with Crippen LogP contribution in [0.5, 0.6) is 5.75 Å². The number of carbonyl (C=O) groups is 1. The van der Waals surface area contributed by atoms with Crippen LogP contribution in [0, 0.1) is 6.92 Å². The van der Waals surface area contributed by atoms with Crippen molar-refractivity contribution in [2.45, 2.75) is 13.8 Å². The Kier molecular flexibility index (Phi) is 5.20. The first-order valence-electron chi connectivity index (χ1n) is 9.50. The standard InChI is InChI=1S/C24H21N3O2/c1-3-29-20-11-7-18(8-12-20)23(28)17-5-9-19(10-6-17)27-24-21-14-16(2)4-13-22(21)25-15-26-24/h4-15H,3H2,1-2H3,(H,25,26,27). The third-order valence-electron chi connectivity index (χ3n) is 4.63. The normalized spacial score (nSPS) is 10.7. The van der Waals surface area contributed by atoms with E-state index in [1.165, 1.54) is 0 Å². The molecule has 1 N–H and O–H groups in total.